The van der Waals surface area contributed by atoms with E-state index in [0.29, 0.717) is 5.69 Å². The van der Waals surface area contributed by atoms with E-state index in [2.05, 4.69) is 5.32 Å². The highest BCUT2D eigenvalue weighted by Crippen LogP contribution is 2.30. The number of fused-ring (bicyclic) bond motifs is 1. The van der Waals surface area contributed by atoms with Gasteiger partial charge in [-0.3, -0.25) is 4.90 Å². The average molecular weight is 268 g/mol. The van der Waals surface area contributed by atoms with E-state index in [0.717, 1.165) is 0 Å². The number of nitrogens with one attached hydrogen (secondary N) is 1. The number of benzene rings is 1. The Balaban J connectivity index is 1.96. The molecule has 7 heteroatoms. The third-order valence-corrected chi connectivity index (χ3v) is 5.03. The molecule has 6 nitrogen and oxygen atoms in total. The van der Waals surface area contributed by atoms with Crippen LogP contribution in [0.15, 0.2) is 24.3 Å². The Morgan fingerprint density at radius 2 is 1.89 bits per heavy atom. The second-order valence-electron chi connectivity index (χ2n) is 4.59. The van der Waals surface area contributed by atoms with Crippen molar-refractivity contribution in [2.45, 2.75) is 12.1 Å². The maximum atomic E-state index is 11.8. The SMILES string of the molecule is O=C1NC2CS(=O)(=O)CC2N1c1ccc(O)cc1. The fourth-order valence-corrected chi connectivity index (χ4v) is 4.41. The lowest BCUT2D eigenvalue weighted by atomic mass is 10.1. The second-order valence-corrected chi connectivity index (χ2v) is 6.74. The molecule has 18 heavy (non-hydrogen) atoms. The van der Waals surface area contributed by atoms with Gasteiger partial charge in [0.05, 0.1) is 23.6 Å². The zero-order valence-corrected chi connectivity index (χ0v) is 10.2. The van der Waals surface area contributed by atoms with E-state index in [1.807, 2.05) is 0 Å². The maximum Gasteiger partial charge on any atom is 0.322 e. The monoisotopic (exact) mass is 268 g/mol. The lowest BCUT2D eigenvalue weighted by Crippen LogP contribution is -2.36. The van der Waals surface area contributed by atoms with Crippen LogP contribution < -0.4 is 10.2 Å². The fourth-order valence-electron chi connectivity index (χ4n) is 2.52. The van der Waals surface area contributed by atoms with E-state index in [1.165, 1.54) is 17.0 Å². The van der Waals surface area contributed by atoms with Crippen molar-refractivity contribution in [3.63, 3.8) is 0 Å². The Hall–Kier alpha value is -1.76. The van der Waals surface area contributed by atoms with Crippen molar-refractivity contribution in [2.75, 3.05) is 16.4 Å². The Morgan fingerprint density at radius 1 is 1.22 bits per heavy atom. The van der Waals surface area contributed by atoms with Crippen LogP contribution in [0.5, 0.6) is 5.75 Å². The smallest absolute Gasteiger partial charge is 0.322 e. The molecule has 0 saturated carbocycles. The van der Waals surface area contributed by atoms with Crippen molar-refractivity contribution in [3.05, 3.63) is 24.3 Å². The number of hydrogen-bond donors (Lipinski definition) is 2. The zero-order valence-electron chi connectivity index (χ0n) is 9.41. The number of aromatic hydroxyl groups is 1. The fraction of sp³-hybridized carbons (Fsp3) is 0.364. The highest BCUT2D eigenvalue weighted by molar-refractivity contribution is 7.91. The Labute approximate surface area is 104 Å². The summed E-state index contributed by atoms with van der Waals surface area (Å²) >= 11 is 0. The van der Waals surface area contributed by atoms with Gasteiger partial charge in [-0.15, -0.1) is 0 Å². The predicted molar refractivity (Wildman–Crippen MR) is 65.3 cm³/mol. The molecule has 2 saturated heterocycles. The number of nitrogens with zero attached hydrogens (tertiary/aromatic N) is 1. The van der Waals surface area contributed by atoms with Crippen molar-refractivity contribution < 1.29 is 18.3 Å². The summed E-state index contributed by atoms with van der Waals surface area (Å²) in [6.45, 7) is 0. The lowest BCUT2D eigenvalue weighted by molar-refractivity contribution is 0.251. The van der Waals surface area contributed by atoms with E-state index >= 15 is 0 Å². The number of rotatable bonds is 1. The molecule has 3 rings (SSSR count). The predicted octanol–water partition coefficient (Wildman–Crippen LogP) is 0.0874. The number of urea groups is 1. The molecule has 1 aromatic rings. The molecule has 0 spiro atoms. The van der Waals surface area contributed by atoms with Crippen LogP contribution in [0.4, 0.5) is 10.5 Å². The van der Waals surface area contributed by atoms with Crippen LogP contribution in [0.1, 0.15) is 0 Å². The first-order chi connectivity index (χ1) is 8.46. The van der Waals surface area contributed by atoms with Gasteiger partial charge in [0.15, 0.2) is 9.84 Å². The summed E-state index contributed by atoms with van der Waals surface area (Å²) in [7, 11) is -3.08. The van der Waals surface area contributed by atoms with Gasteiger partial charge < -0.3 is 10.4 Å². The summed E-state index contributed by atoms with van der Waals surface area (Å²) in [6.07, 6.45) is 0. The first-order valence-electron chi connectivity index (χ1n) is 5.55. The third kappa shape index (κ3) is 1.71. The van der Waals surface area contributed by atoms with Crippen molar-refractivity contribution in [1.29, 1.82) is 0 Å². The first kappa shape index (κ1) is 11.3. The molecule has 2 fully saturated rings. The molecule has 2 aliphatic heterocycles. The van der Waals surface area contributed by atoms with Crippen molar-refractivity contribution in [2.24, 2.45) is 0 Å². The molecule has 2 amide bonds. The molecular formula is C11H12N2O4S. The number of carbonyl (C=O) groups excluding carboxylic acids is 1. The average Bonchev–Trinajstić information content (AvgIpc) is 2.70. The van der Waals surface area contributed by atoms with Crippen LogP contribution in [0.2, 0.25) is 0 Å². The molecule has 2 unspecified atom stereocenters. The number of phenols is 1. The van der Waals surface area contributed by atoms with Crippen LogP contribution in [0.3, 0.4) is 0 Å². The number of amides is 2. The topological polar surface area (TPSA) is 86.7 Å². The van der Waals surface area contributed by atoms with Gasteiger partial charge in [0.2, 0.25) is 0 Å². The summed E-state index contributed by atoms with van der Waals surface area (Å²) in [6, 6.07) is 5.16. The van der Waals surface area contributed by atoms with E-state index < -0.39 is 9.84 Å². The van der Waals surface area contributed by atoms with Gasteiger partial charge >= 0.3 is 6.03 Å². The van der Waals surface area contributed by atoms with Gasteiger partial charge in [0.25, 0.3) is 0 Å². The van der Waals surface area contributed by atoms with Gasteiger partial charge in [-0.2, -0.15) is 0 Å². The lowest BCUT2D eigenvalue weighted by Gasteiger charge is -2.21. The molecule has 1 aromatic carbocycles. The van der Waals surface area contributed by atoms with E-state index in [9.17, 15) is 18.3 Å². The summed E-state index contributed by atoms with van der Waals surface area (Å²) < 4.78 is 23.1. The highest BCUT2D eigenvalue weighted by atomic mass is 32.2. The van der Waals surface area contributed by atoms with E-state index in [-0.39, 0.29) is 35.4 Å². The minimum absolute atomic E-state index is 0.00199. The summed E-state index contributed by atoms with van der Waals surface area (Å²) in [5, 5.41) is 11.9. The van der Waals surface area contributed by atoms with Gasteiger partial charge in [-0.05, 0) is 24.3 Å². The minimum atomic E-state index is -3.08. The Kier molecular flexibility index (Phi) is 2.28. The first-order valence-corrected chi connectivity index (χ1v) is 7.38. The third-order valence-electron chi connectivity index (χ3n) is 3.31. The van der Waals surface area contributed by atoms with Crippen LogP contribution in [0.25, 0.3) is 0 Å². The van der Waals surface area contributed by atoms with Crippen LogP contribution in [0, 0.1) is 0 Å². The highest BCUT2D eigenvalue weighted by Gasteiger charge is 2.49. The van der Waals surface area contributed by atoms with Crippen LogP contribution >= 0.6 is 0 Å². The van der Waals surface area contributed by atoms with Gasteiger partial charge in [-0.25, -0.2) is 13.2 Å². The molecule has 0 bridgehead atoms. The number of carbonyl (C=O) groups is 1. The van der Waals surface area contributed by atoms with Crippen molar-refractivity contribution >= 4 is 21.6 Å². The van der Waals surface area contributed by atoms with E-state index in [1.54, 1.807) is 12.1 Å². The summed E-state index contributed by atoms with van der Waals surface area (Å²) in [5.74, 6) is 0.0869. The Bertz CT molecular complexity index is 596. The number of hydrogen-bond acceptors (Lipinski definition) is 4. The van der Waals surface area contributed by atoms with Gasteiger partial charge in [-0.1, -0.05) is 0 Å². The number of anilines is 1. The summed E-state index contributed by atoms with van der Waals surface area (Å²) in [4.78, 5) is 13.3. The van der Waals surface area contributed by atoms with Crippen LogP contribution in [-0.2, 0) is 9.84 Å². The molecule has 2 aliphatic rings. The largest absolute Gasteiger partial charge is 0.508 e. The van der Waals surface area contributed by atoms with Gasteiger partial charge in [0, 0.05) is 5.69 Å². The normalized spacial score (nSPS) is 29.1. The Morgan fingerprint density at radius 3 is 2.56 bits per heavy atom. The quantitative estimate of drug-likeness (QED) is 0.707. The second kappa shape index (κ2) is 3.61. The molecule has 2 heterocycles. The molecule has 2 N–H and O–H groups in total. The molecular weight excluding hydrogens is 256 g/mol. The van der Waals surface area contributed by atoms with Crippen molar-refractivity contribution in [1.82, 2.24) is 5.32 Å². The minimum Gasteiger partial charge on any atom is -0.508 e. The van der Waals surface area contributed by atoms with E-state index in [4.69, 9.17) is 0 Å². The number of phenolic OH excluding ortho intramolecular Hbond substituents is 1. The molecule has 2 atom stereocenters. The molecule has 0 aliphatic carbocycles. The standard InChI is InChI=1S/C11H12N2O4S/c14-8-3-1-7(2-4-8)13-10-6-18(16,17)5-9(10)12-11(13)15/h1-4,9-10,14H,5-6H2,(H,12,15). The van der Waals surface area contributed by atoms with Crippen molar-refractivity contribution in [3.8, 4) is 5.75 Å². The van der Waals surface area contributed by atoms with Gasteiger partial charge in [0.1, 0.15) is 5.75 Å². The zero-order chi connectivity index (χ0) is 12.9. The molecule has 96 valence electrons. The summed E-state index contributed by atoms with van der Waals surface area (Å²) in [5.41, 5.74) is 0.593. The molecule has 0 aromatic heterocycles. The maximum absolute atomic E-state index is 11.8. The number of sulfone groups is 1. The van der Waals surface area contributed by atoms with Crippen LogP contribution in [-0.4, -0.2) is 43.1 Å². The molecule has 0 radical (unpaired) electrons.